The first kappa shape index (κ1) is 17.4. The molecular formula is H4N2O10S. The van der Waals surface area contributed by atoms with Gasteiger partial charge in [0.1, 0.15) is 0 Å². The van der Waals surface area contributed by atoms with Gasteiger partial charge >= 0.3 is 10.4 Å². The van der Waals surface area contributed by atoms with Crippen LogP contribution in [0.25, 0.3) is 0 Å². The summed E-state index contributed by atoms with van der Waals surface area (Å²) in [6.45, 7) is 0. The molecule has 0 unspecified atom stereocenters. The van der Waals surface area contributed by atoms with E-state index in [0.717, 1.165) is 0 Å². The van der Waals surface area contributed by atoms with E-state index < -0.39 is 20.6 Å². The van der Waals surface area contributed by atoms with Crippen molar-refractivity contribution in [3.8, 4) is 0 Å². The van der Waals surface area contributed by atoms with Gasteiger partial charge in [-0.25, -0.2) is 0 Å². The van der Waals surface area contributed by atoms with Crippen LogP contribution in [0.2, 0.25) is 0 Å². The van der Waals surface area contributed by atoms with Gasteiger partial charge < -0.3 is 10.4 Å². The summed E-state index contributed by atoms with van der Waals surface area (Å²) in [4.78, 5) is 16.7. The summed E-state index contributed by atoms with van der Waals surface area (Å²) in [7, 11) is -4.67. The average molecular weight is 224 g/mol. The van der Waals surface area contributed by atoms with Gasteiger partial charge in [-0.05, 0) is 0 Å². The maximum absolute atomic E-state index is 8.74. The van der Waals surface area contributed by atoms with Crippen molar-refractivity contribution in [2.75, 3.05) is 0 Å². The first-order valence-corrected chi connectivity index (χ1v) is 3.23. The molecule has 0 aromatic rings. The van der Waals surface area contributed by atoms with Crippen LogP contribution in [0.5, 0.6) is 0 Å². The lowest BCUT2D eigenvalue weighted by atomic mass is 13.1. The fraction of sp³-hybridized carbons (Fsp3) is 0. The van der Waals surface area contributed by atoms with Crippen molar-refractivity contribution in [2.24, 2.45) is 0 Å². The Morgan fingerprint density at radius 2 is 0.923 bits per heavy atom. The normalized spacial score (nSPS) is 8.15. The second-order valence-electron chi connectivity index (χ2n) is 0.924. The zero-order chi connectivity index (χ0) is 11.7. The van der Waals surface area contributed by atoms with Crippen molar-refractivity contribution >= 4 is 10.4 Å². The van der Waals surface area contributed by atoms with Crippen LogP contribution in [0, 0.1) is 20.2 Å². The molecule has 13 heteroatoms. The average Bonchev–Trinajstić information content (AvgIpc) is 1.50. The highest BCUT2D eigenvalue weighted by Crippen LogP contribution is 1.59. The number of rotatable bonds is 0. The molecule has 0 amide bonds. The predicted molar refractivity (Wildman–Crippen MR) is 31.7 cm³/mol. The van der Waals surface area contributed by atoms with Crippen molar-refractivity contribution in [1.29, 1.82) is 0 Å². The first-order chi connectivity index (χ1) is 5.46. The van der Waals surface area contributed by atoms with Crippen molar-refractivity contribution in [1.82, 2.24) is 0 Å². The lowest BCUT2D eigenvalue weighted by Crippen LogP contribution is -1.89. The Hall–Kier alpha value is -1.73. The lowest BCUT2D eigenvalue weighted by molar-refractivity contribution is -0.742. The number of hydrogen-bond acceptors (Lipinski definition) is 6. The van der Waals surface area contributed by atoms with Crippen molar-refractivity contribution in [2.45, 2.75) is 0 Å². The summed E-state index contributed by atoms with van der Waals surface area (Å²) in [5, 5.41) is 27.3. The number of nitrogens with zero attached hydrogens (tertiary/aromatic N) is 2. The van der Waals surface area contributed by atoms with Crippen molar-refractivity contribution in [3.05, 3.63) is 20.2 Å². The Bertz CT molecular complexity index is 208. The Morgan fingerprint density at radius 1 is 0.923 bits per heavy atom. The van der Waals surface area contributed by atoms with E-state index in [2.05, 4.69) is 0 Å². The monoisotopic (exact) mass is 224 g/mol. The summed E-state index contributed by atoms with van der Waals surface area (Å²) in [6, 6.07) is 0. The van der Waals surface area contributed by atoms with Crippen LogP contribution in [0.1, 0.15) is 0 Å². The molecule has 13 heavy (non-hydrogen) atoms. The molecule has 0 fully saturated rings. The van der Waals surface area contributed by atoms with Crippen LogP contribution >= 0.6 is 0 Å². The van der Waals surface area contributed by atoms with Crippen LogP contribution in [-0.4, -0.2) is 38.1 Å². The predicted octanol–water partition coefficient (Wildman–Crippen LogP) is -1.35. The molecule has 0 bridgehead atoms. The summed E-state index contributed by atoms with van der Waals surface area (Å²) >= 11 is 0. The molecule has 12 nitrogen and oxygen atoms in total. The second-order valence-corrected chi connectivity index (χ2v) is 1.82. The maximum Gasteiger partial charge on any atom is 0.394 e. The Labute approximate surface area is 69.8 Å². The smallest absolute Gasteiger partial charge is 0.328 e. The number of hydrogen-bond donors (Lipinski definition) is 4. The van der Waals surface area contributed by atoms with Gasteiger partial charge in [-0.15, -0.1) is 20.2 Å². The minimum absolute atomic E-state index is 1.50. The van der Waals surface area contributed by atoms with E-state index in [-0.39, 0.29) is 0 Å². The molecule has 4 N–H and O–H groups in total. The van der Waals surface area contributed by atoms with Gasteiger partial charge in [0, 0.05) is 0 Å². The summed E-state index contributed by atoms with van der Waals surface area (Å²) in [5.74, 6) is 0. The molecule has 0 rings (SSSR count). The van der Waals surface area contributed by atoms with Gasteiger partial charge in [0.15, 0.2) is 0 Å². The first-order valence-electron chi connectivity index (χ1n) is 1.83. The van der Waals surface area contributed by atoms with E-state index in [1.165, 1.54) is 0 Å². The Balaban J connectivity index is -0.000000117. The van der Waals surface area contributed by atoms with E-state index in [9.17, 15) is 0 Å². The van der Waals surface area contributed by atoms with Crippen LogP contribution in [0.3, 0.4) is 0 Å². The minimum Gasteiger partial charge on any atom is -0.328 e. The van der Waals surface area contributed by atoms with Crippen molar-refractivity contribution in [3.63, 3.8) is 0 Å². The molecule has 0 aromatic heterocycles. The molecule has 0 aliphatic carbocycles. The van der Waals surface area contributed by atoms with Crippen LogP contribution in [-0.2, 0) is 10.4 Å². The molecule has 0 atom stereocenters. The fourth-order valence-electron chi connectivity index (χ4n) is 0. The third-order valence-corrected chi connectivity index (χ3v) is 0. The zero-order valence-corrected chi connectivity index (χ0v) is 6.36. The highest BCUT2D eigenvalue weighted by atomic mass is 32.3. The summed E-state index contributed by atoms with van der Waals surface area (Å²) < 4.78 is 31.6. The standard InChI is InChI=1S/2HNO3.H2O4S/c2*2-1(3)4;1-5(2,3)4/h2*(H,2,3,4);(H2,1,2,3,4). The molecule has 0 radical (unpaired) electrons. The largest absolute Gasteiger partial charge is 0.394 e. The summed E-state index contributed by atoms with van der Waals surface area (Å²) in [6.07, 6.45) is 0. The van der Waals surface area contributed by atoms with Gasteiger partial charge in [-0.2, -0.15) is 8.42 Å². The highest BCUT2D eigenvalue weighted by molar-refractivity contribution is 7.79. The van der Waals surface area contributed by atoms with Gasteiger partial charge in [0.05, 0.1) is 0 Å². The van der Waals surface area contributed by atoms with Gasteiger partial charge in [-0.1, -0.05) is 0 Å². The Morgan fingerprint density at radius 3 is 0.923 bits per heavy atom. The van der Waals surface area contributed by atoms with E-state index in [4.69, 9.17) is 48.2 Å². The van der Waals surface area contributed by atoms with Crippen LogP contribution in [0.15, 0.2) is 0 Å². The Kier molecular flexibility index (Phi) is 11.2. The maximum atomic E-state index is 8.74. The molecule has 0 heterocycles. The van der Waals surface area contributed by atoms with E-state index in [0.29, 0.717) is 0 Å². The van der Waals surface area contributed by atoms with E-state index in [1.807, 2.05) is 0 Å². The SMILES string of the molecule is O=S(=O)(O)O.O=[N+]([O-])O.O=[N+]([O-])O. The molecule has 0 aliphatic heterocycles. The second kappa shape index (κ2) is 8.37. The van der Waals surface area contributed by atoms with Gasteiger partial charge in [0.25, 0.3) is 10.2 Å². The quantitative estimate of drug-likeness (QED) is 0.216. The molecular weight excluding hydrogens is 220 g/mol. The fourth-order valence-corrected chi connectivity index (χ4v) is 0. The van der Waals surface area contributed by atoms with E-state index >= 15 is 0 Å². The molecule has 0 saturated heterocycles. The zero-order valence-electron chi connectivity index (χ0n) is 5.54. The molecule has 0 aliphatic rings. The summed E-state index contributed by atoms with van der Waals surface area (Å²) in [5.41, 5.74) is 0. The van der Waals surface area contributed by atoms with Gasteiger partial charge in [0.2, 0.25) is 0 Å². The van der Waals surface area contributed by atoms with Crippen molar-refractivity contribution < 1.29 is 38.1 Å². The molecule has 80 valence electrons. The van der Waals surface area contributed by atoms with Crippen LogP contribution < -0.4 is 0 Å². The third-order valence-electron chi connectivity index (χ3n) is 0. The van der Waals surface area contributed by atoms with E-state index in [1.54, 1.807) is 0 Å². The topological polar surface area (TPSA) is 201 Å². The highest BCUT2D eigenvalue weighted by Gasteiger charge is 1.84. The lowest BCUT2D eigenvalue weighted by Gasteiger charge is -1.68. The third kappa shape index (κ3) is 235. The molecule has 0 saturated carbocycles. The molecule has 0 aromatic carbocycles. The molecule has 0 spiro atoms. The minimum atomic E-state index is -4.67. The van der Waals surface area contributed by atoms with Crippen LogP contribution in [0.4, 0.5) is 0 Å². The van der Waals surface area contributed by atoms with Gasteiger partial charge in [-0.3, -0.25) is 9.11 Å².